The molecular formula is C31H45N5S. The van der Waals surface area contributed by atoms with Crippen molar-refractivity contribution in [3.63, 3.8) is 0 Å². The molecule has 0 N–H and O–H groups in total. The van der Waals surface area contributed by atoms with Crippen LogP contribution in [0.2, 0.25) is 0 Å². The van der Waals surface area contributed by atoms with Crippen LogP contribution in [0.25, 0.3) is 28.2 Å². The molecule has 1 aromatic carbocycles. The zero-order valence-electron chi connectivity index (χ0n) is 24.4. The summed E-state index contributed by atoms with van der Waals surface area (Å²) in [6, 6.07) is 14.3. The summed E-state index contributed by atoms with van der Waals surface area (Å²) in [5, 5.41) is 13.6. The van der Waals surface area contributed by atoms with E-state index in [1.807, 2.05) is 62.7 Å². The highest BCUT2D eigenvalue weighted by molar-refractivity contribution is 7.80. The number of nitrogens with zero attached hydrogens (tertiary/aromatic N) is 5. The van der Waals surface area contributed by atoms with Crippen LogP contribution in [-0.2, 0) is 0 Å². The third kappa shape index (κ3) is 9.58. The van der Waals surface area contributed by atoms with E-state index in [4.69, 9.17) is 0 Å². The molecule has 2 unspecified atom stereocenters. The van der Waals surface area contributed by atoms with Gasteiger partial charge in [0.05, 0.1) is 29.0 Å². The largest absolute Gasteiger partial charge is 0.232 e. The van der Waals surface area contributed by atoms with Crippen LogP contribution in [0.15, 0.2) is 48.7 Å². The van der Waals surface area contributed by atoms with Crippen LogP contribution >= 0.6 is 12.6 Å². The Morgan fingerprint density at radius 3 is 2.11 bits per heavy atom. The average molecular weight is 520 g/mol. The lowest BCUT2D eigenvalue weighted by Gasteiger charge is -2.23. The average Bonchev–Trinajstić information content (AvgIpc) is 3.19. The van der Waals surface area contributed by atoms with Crippen molar-refractivity contribution in [3.8, 4) is 22.5 Å². The van der Waals surface area contributed by atoms with Gasteiger partial charge in [-0.25, -0.2) is 9.50 Å². The first-order valence-electron chi connectivity index (χ1n) is 13.3. The van der Waals surface area contributed by atoms with Crippen molar-refractivity contribution < 1.29 is 0 Å². The summed E-state index contributed by atoms with van der Waals surface area (Å²) in [6.45, 7) is 21.4. The fourth-order valence-electron chi connectivity index (χ4n) is 4.52. The van der Waals surface area contributed by atoms with E-state index in [2.05, 4.69) is 92.7 Å². The Kier molecular flexibility index (Phi) is 11.3. The molecule has 0 aliphatic rings. The smallest absolute Gasteiger partial charge is 0.153 e. The SMILES string of the molecule is CC.CC(S)CC(C)CC(C)(C)C.Cc1ccc(-c2ccc(-c3ccc4nc(C)cn4n3)cc2C)nn1. The zero-order chi connectivity index (χ0) is 27.8. The lowest BCUT2D eigenvalue weighted by Crippen LogP contribution is -2.13. The fourth-order valence-corrected chi connectivity index (χ4v) is 4.88. The molecule has 0 aliphatic heterocycles. The molecule has 5 nitrogen and oxygen atoms in total. The quantitative estimate of drug-likeness (QED) is 0.268. The molecular weight excluding hydrogens is 474 g/mol. The number of aromatic nitrogens is 5. The van der Waals surface area contributed by atoms with Crippen molar-refractivity contribution in [2.75, 3.05) is 0 Å². The molecule has 4 aromatic rings. The highest BCUT2D eigenvalue weighted by Gasteiger charge is 2.16. The number of hydrogen-bond donors (Lipinski definition) is 1. The second-order valence-corrected chi connectivity index (χ2v) is 11.8. The van der Waals surface area contributed by atoms with E-state index in [-0.39, 0.29) is 0 Å². The molecule has 0 aliphatic carbocycles. The van der Waals surface area contributed by atoms with Crippen LogP contribution in [0.1, 0.15) is 78.3 Å². The molecule has 6 heteroatoms. The normalized spacial score (nSPS) is 12.7. The molecule has 3 heterocycles. The molecule has 0 saturated heterocycles. The Bertz CT molecular complexity index is 1250. The predicted octanol–water partition coefficient (Wildman–Crippen LogP) is 8.57. The summed E-state index contributed by atoms with van der Waals surface area (Å²) >= 11 is 4.39. The number of benzene rings is 1. The van der Waals surface area contributed by atoms with Gasteiger partial charge in [0, 0.05) is 11.1 Å². The van der Waals surface area contributed by atoms with Crippen molar-refractivity contribution in [2.24, 2.45) is 11.3 Å². The maximum atomic E-state index is 4.65. The first-order valence-corrected chi connectivity index (χ1v) is 13.9. The monoisotopic (exact) mass is 519 g/mol. The molecule has 0 saturated carbocycles. The number of hydrogen-bond acceptors (Lipinski definition) is 5. The van der Waals surface area contributed by atoms with Gasteiger partial charge < -0.3 is 0 Å². The minimum Gasteiger partial charge on any atom is -0.232 e. The maximum absolute atomic E-state index is 4.65. The zero-order valence-corrected chi connectivity index (χ0v) is 25.3. The molecule has 0 amide bonds. The summed E-state index contributed by atoms with van der Waals surface area (Å²) in [7, 11) is 0. The molecule has 0 fully saturated rings. The van der Waals surface area contributed by atoms with Crippen molar-refractivity contribution in [3.05, 3.63) is 65.6 Å². The van der Waals surface area contributed by atoms with Gasteiger partial charge in [-0.15, -0.1) is 0 Å². The van der Waals surface area contributed by atoms with Crippen molar-refractivity contribution >= 4 is 18.3 Å². The third-order valence-corrected chi connectivity index (χ3v) is 5.95. The van der Waals surface area contributed by atoms with Gasteiger partial charge in [-0.1, -0.05) is 60.6 Å². The first-order chi connectivity index (χ1) is 17.4. The Morgan fingerprint density at radius 1 is 0.865 bits per heavy atom. The van der Waals surface area contributed by atoms with Crippen molar-refractivity contribution in [1.82, 2.24) is 24.8 Å². The third-order valence-electron chi connectivity index (χ3n) is 5.74. The highest BCUT2D eigenvalue weighted by atomic mass is 32.1. The maximum Gasteiger partial charge on any atom is 0.153 e. The van der Waals surface area contributed by atoms with Gasteiger partial charge in [-0.3, -0.25) is 0 Å². The van der Waals surface area contributed by atoms with E-state index in [0.717, 1.165) is 51.0 Å². The lowest BCUT2D eigenvalue weighted by molar-refractivity contribution is 0.297. The molecule has 4 rings (SSSR count). The molecule has 2 atom stereocenters. The van der Waals surface area contributed by atoms with Crippen LogP contribution in [0.5, 0.6) is 0 Å². The Balaban J connectivity index is 0.000000315. The number of aryl methyl sites for hydroxylation is 3. The Morgan fingerprint density at radius 2 is 1.54 bits per heavy atom. The second-order valence-electron chi connectivity index (χ2n) is 10.9. The second kappa shape index (κ2) is 13.7. The van der Waals surface area contributed by atoms with Gasteiger partial charge in [0.2, 0.25) is 0 Å². The fraction of sp³-hybridized carbons (Fsp3) is 0.484. The molecule has 0 radical (unpaired) electrons. The summed E-state index contributed by atoms with van der Waals surface area (Å²) in [6.07, 6.45) is 4.47. The van der Waals surface area contributed by atoms with Gasteiger partial charge >= 0.3 is 0 Å². The summed E-state index contributed by atoms with van der Waals surface area (Å²) in [4.78, 5) is 4.41. The van der Waals surface area contributed by atoms with Gasteiger partial charge in [0.25, 0.3) is 0 Å². The highest BCUT2D eigenvalue weighted by Crippen LogP contribution is 2.28. The minimum absolute atomic E-state index is 0.474. The molecule has 200 valence electrons. The van der Waals surface area contributed by atoms with E-state index in [9.17, 15) is 0 Å². The predicted molar refractivity (Wildman–Crippen MR) is 161 cm³/mol. The number of imidazole rings is 1. The summed E-state index contributed by atoms with van der Waals surface area (Å²) in [5.41, 5.74) is 8.33. The summed E-state index contributed by atoms with van der Waals surface area (Å²) in [5.74, 6) is 0.808. The number of rotatable bonds is 5. The van der Waals surface area contributed by atoms with Crippen LogP contribution < -0.4 is 0 Å². The molecule has 37 heavy (non-hydrogen) atoms. The number of fused-ring (bicyclic) bond motifs is 1. The lowest BCUT2D eigenvalue weighted by atomic mass is 9.84. The first kappa shape index (κ1) is 30.5. The van der Waals surface area contributed by atoms with Crippen molar-refractivity contribution in [1.29, 1.82) is 0 Å². The number of thiol groups is 1. The minimum atomic E-state index is 0.474. The Labute approximate surface area is 229 Å². The van der Waals surface area contributed by atoms with E-state index < -0.39 is 0 Å². The topological polar surface area (TPSA) is 56.0 Å². The van der Waals surface area contributed by atoms with Crippen molar-refractivity contribution in [2.45, 2.75) is 87.3 Å². The van der Waals surface area contributed by atoms with Crippen LogP contribution in [-0.4, -0.2) is 30.0 Å². The van der Waals surface area contributed by atoms with E-state index in [1.54, 1.807) is 0 Å². The summed E-state index contributed by atoms with van der Waals surface area (Å²) < 4.78 is 1.82. The van der Waals surface area contributed by atoms with Gasteiger partial charge in [-0.2, -0.15) is 27.9 Å². The van der Waals surface area contributed by atoms with E-state index in [0.29, 0.717) is 10.7 Å². The van der Waals surface area contributed by atoms with Crippen LogP contribution in [0.3, 0.4) is 0 Å². The van der Waals surface area contributed by atoms with Crippen LogP contribution in [0.4, 0.5) is 0 Å². The molecule has 0 bridgehead atoms. The van der Waals surface area contributed by atoms with Crippen LogP contribution in [0, 0.1) is 32.1 Å². The Hall–Kier alpha value is -2.73. The molecule has 0 spiro atoms. The standard InChI is InChI=1S/C19H17N5.C10H22S.C2H6/c1-12-10-15(5-6-16(12)18-7-4-13(2)21-22-18)17-8-9-19-20-14(3)11-24(19)23-17;1-8(6-9(2)11)7-10(3,4)5;1-2/h4-11H,1-3H3;8-9,11H,6-7H2,1-5H3;1-2H3. The van der Waals surface area contributed by atoms with E-state index >= 15 is 0 Å². The van der Waals surface area contributed by atoms with Gasteiger partial charge in [0.15, 0.2) is 5.65 Å². The van der Waals surface area contributed by atoms with E-state index in [1.165, 1.54) is 12.8 Å². The van der Waals surface area contributed by atoms with Gasteiger partial charge in [-0.05, 0) is 86.1 Å². The van der Waals surface area contributed by atoms with Gasteiger partial charge in [0.1, 0.15) is 0 Å². The molecule has 3 aromatic heterocycles.